The fraction of sp³-hybridized carbons (Fsp3) is 0.167. The third-order valence-electron chi connectivity index (χ3n) is 2.91. The first-order valence-electron chi connectivity index (χ1n) is 7.42. The van der Waals surface area contributed by atoms with Gasteiger partial charge in [-0.15, -0.1) is 5.11 Å². The van der Waals surface area contributed by atoms with Gasteiger partial charge in [-0.2, -0.15) is 10.4 Å². The minimum atomic E-state index is -0.434. The summed E-state index contributed by atoms with van der Waals surface area (Å²) in [5, 5.41) is 16.8. The highest BCUT2D eigenvalue weighted by atomic mass is 16.6. The van der Waals surface area contributed by atoms with E-state index >= 15 is 0 Å². The maximum absolute atomic E-state index is 11.2. The van der Waals surface area contributed by atoms with Gasteiger partial charge in [0.05, 0.1) is 11.9 Å². The summed E-state index contributed by atoms with van der Waals surface area (Å²) in [7, 11) is 0. The lowest BCUT2D eigenvalue weighted by Crippen LogP contribution is -2.12. The van der Waals surface area contributed by atoms with Crippen molar-refractivity contribution in [2.24, 2.45) is 10.2 Å². The van der Waals surface area contributed by atoms with Gasteiger partial charge in [-0.25, -0.2) is 9.78 Å². The van der Waals surface area contributed by atoms with Crippen molar-refractivity contribution in [3.05, 3.63) is 60.4 Å². The van der Waals surface area contributed by atoms with Crippen molar-refractivity contribution in [3.63, 3.8) is 0 Å². The first-order chi connectivity index (χ1) is 12.1. The number of nitrogens with zero attached hydrogens (tertiary/aromatic N) is 4. The van der Waals surface area contributed by atoms with Crippen LogP contribution in [0.15, 0.2) is 65.0 Å². The summed E-state index contributed by atoms with van der Waals surface area (Å²) in [5.41, 5.74) is 1.88. The molecule has 0 amide bonds. The maximum Gasteiger partial charge on any atom is 0.333 e. The van der Waals surface area contributed by atoms with E-state index in [1.54, 1.807) is 43.3 Å². The molecule has 0 saturated heterocycles. The number of nitriles is 1. The maximum atomic E-state index is 11.2. The van der Waals surface area contributed by atoms with E-state index in [0.717, 1.165) is 0 Å². The van der Waals surface area contributed by atoms with Crippen LogP contribution in [0.2, 0.25) is 0 Å². The zero-order valence-electron chi connectivity index (χ0n) is 13.7. The van der Waals surface area contributed by atoms with Crippen molar-refractivity contribution in [1.29, 1.82) is 5.26 Å². The van der Waals surface area contributed by atoms with Gasteiger partial charge in [0.25, 0.3) is 0 Å². The molecule has 1 heterocycles. The quantitative estimate of drug-likeness (QED) is 0.331. The Kier molecular flexibility index (Phi) is 6.37. The number of ether oxygens (including phenoxy) is 2. The molecular weight excluding hydrogens is 320 g/mol. The molecule has 0 spiro atoms. The van der Waals surface area contributed by atoms with E-state index in [0.29, 0.717) is 28.4 Å². The Morgan fingerprint density at radius 1 is 1.16 bits per heavy atom. The molecule has 7 nitrogen and oxygen atoms in total. The molecular formula is C18H16N4O3. The second-order valence-electron chi connectivity index (χ2n) is 4.97. The van der Waals surface area contributed by atoms with Gasteiger partial charge in [-0.3, -0.25) is 0 Å². The summed E-state index contributed by atoms with van der Waals surface area (Å²) in [6, 6.07) is 12.2. The number of pyridine rings is 1. The molecule has 0 saturated carbocycles. The number of rotatable bonds is 7. The second kappa shape index (κ2) is 8.93. The van der Waals surface area contributed by atoms with Crippen LogP contribution in [0.1, 0.15) is 12.6 Å². The second-order valence-corrected chi connectivity index (χ2v) is 4.97. The topological polar surface area (TPSA) is 96.9 Å². The third kappa shape index (κ3) is 5.88. The molecule has 0 aliphatic carbocycles. The van der Waals surface area contributed by atoms with E-state index in [9.17, 15) is 4.79 Å². The zero-order valence-corrected chi connectivity index (χ0v) is 13.7. The highest BCUT2D eigenvalue weighted by molar-refractivity contribution is 5.86. The van der Waals surface area contributed by atoms with Crippen molar-refractivity contribution in [2.75, 3.05) is 13.2 Å². The minimum absolute atomic E-state index is 0.152. The summed E-state index contributed by atoms with van der Waals surface area (Å²) in [6.07, 6.45) is 1.48. The van der Waals surface area contributed by atoms with Crippen molar-refractivity contribution >= 4 is 17.3 Å². The molecule has 0 N–H and O–H groups in total. The summed E-state index contributed by atoms with van der Waals surface area (Å²) >= 11 is 0. The first kappa shape index (κ1) is 17.8. The average molecular weight is 336 g/mol. The van der Waals surface area contributed by atoms with Gasteiger partial charge in [0, 0.05) is 5.57 Å². The Bertz CT molecular complexity index is 806. The fourth-order valence-corrected chi connectivity index (χ4v) is 1.65. The van der Waals surface area contributed by atoms with Crippen LogP contribution < -0.4 is 4.74 Å². The van der Waals surface area contributed by atoms with Crippen LogP contribution in [0.5, 0.6) is 5.75 Å². The van der Waals surface area contributed by atoms with E-state index in [2.05, 4.69) is 21.8 Å². The number of benzene rings is 1. The lowest BCUT2D eigenvalue weighted by molar-refractivity contribution is -0.139. The van der Waals surface area contributed by atoms with Crippen LogP contribution in [-0.2, 0) is 9.53 Å². The number of hydrogen-bond acceptors (Lipinski definition) is 7. The smallest absolute Gasteiger partial charge is 0.333 e. The molecule has 0 radical (unpaired) electrons. The van der Waals surface area contributed by atoms with Crippen LogP contribution in [0, 0.1) is 11.3 Å². The number of hydrogen-bond donors (Lipinski definition) is 0. The van der Waals surface area contributed by atoms with Crippen LogP contribution >= 0.6 is 0 Å². The van der Waals surface area contributed by atoms with E-state index in [-0.39, 0.29) is 13.2 Å². The highest BCUT2D eigenvalue weighted by Gasteiger charge is 2.02. The molecule has 2 aromatic rings. The number of esters is 1. The van der Waals surface area contributed by atoms with E-state index < -0.39 is 5.97 Å². The molecule has 0 aliphatic rings. The van der Waals surface area contributed by atoms with Gasteiger partial charge in [0.1, 0.15) is 36.4 Å². The predicted octanol–water partition coefficient (Wildman–Crippen LogP) is 3.87. The van der Waals surface area contributed by atoms with Crippen LogP contribution in [0.25, 0.3) is 0 Å². The first-order valence-corrected chi connectivity index (χ1v) is 7.42. The molecule has 1 aromatic carbocycles. The average Bonchev–Trinajstić information content (AvgIpc) is 2.64. The van der Waals surface area contributed by atoms with E-state index in [1.807, 2.05) is 6.07 Å². The van der Waals surface area contributed by atoms with Crippen molar-refractivity contribution < 1.29 is 14.3 Å². The van der Waals surface area contributed by atoms with Crippen molar-refractivity contribution in [3.8, 4) is 11.8 Å². The van der Waals surface area contributed by atoms with Gasteiger partial charge in [-0.1, -0.05) is 6.58 Å². The van der Waals surface area contributed by atoms with E-state index in [1.165, 1.54) is 6.20 Å². The summed E-state index contributed by atoms with van der Waals surface area (Å²) in [6.45, 7) is 5.48. The number of aromatic nitrogens is 1. The van der Waals surface area contributed by atoms with Gasteiger partial charge in [0.2, 0.25) is 0 Å². The SMILES string of the molecule is C=C(C)C(=O)OCCOc1ccc(/N=N/c2ccc(C#N)nc2)cc1. The summed E-state index contributed by atoms with van der Waals surface area (Å²) < 4.78 is 10.4. The number of carbonyl (C=O) groups is 1. The molecule has 0 fully saturated rings. The number of carbonyl (C=O) groups excluding carboxylic acids is 1. The largest absolute Gasteiger partial charge is 0.490 e. The molecule has 1 aromatic heterocycles. The van der Waals surface area contributed by atoms with Crippen LogP contribution in [0.3, 0.4) is 0 Å². The molecule has 0 atom stereocenters. The number of azo groups is 1. The van der Waals surface area contributed by atoms with Gasteiger partial charge in [0.15, 0.2) is 0 Å². The molecule has 0 aliphatic heterocycles. The third-order valence-corrected chi connectivity index (χ3v) is 2.91. The van der Waals surface area contributed by atoms with Gasteiger partial charge in [-0.05, 0) is 43.3 Å². The lowest BCUT2D eigenvalue weighted by atomic mass is 10.3. The molecule has 7 heteroatoms. The standard InChI is InChI=1S/C18H16N4O3/c1-13(2)18(23)25-10-9-24-17-7-5-14(6-8-17)21-22-16-4-3-15(11-19)20-12-16/h3-8,12H,1,9-10H2,2H3/b22-21+. The Balaban J connectivity index is 1.83. The summed E-state index contributed by atoms with van der Waals surface area (Å²) in [4.78, 5) is 15.1. The zero-order chi connectivity index (χ0) is 18.1. The van der Waals surface area contributed by atoms with E-state index in [4.69, 9.17) is 14.7 Å². The highest BCUT2D eigenvalue weighted by Crippen LogP contribution is 2.21. The molecule has 0 unspecified atom stereocenters. The Hall–Kier alpha value is -3.53. The Morgan fingerprint density at radius 3 is 2.44 bits per heavy atom. The normalized spacial score (nSPS) is 10.2. The van der Waals surface area contributed by atoms with Gasteiger partial charge >= 0.3 is 5.97 Å². The fourth-order valence-electron chi connectivity index (χ4n) is 1.65. The predicted molar refractivity (Wildman–Crippen MR) is 90.8 cm³/mol. The molecule has 0 bridgehead atoms. The molecule has 25 heavy (non-hydrogen) atoms. The van der Waals surface area contributed by atoms with Gasteiger partial charge < -0.3 is 9.47 Å². The van der Waals surface area contributed by atoms with Crippen LogP contribution in [-0.4, -0.2) is 24.2 Å². The Labute approximate surface area is 145 Å². The molecule has 126 valence electrons. The monoisotopic (exact) mass is 336 g/mol. The summed E-state index contributed by atoms with van der Waals surface area (Å²) in [5.74, 6) is 0.196. The van der Waals surface area contributed by atoms with Crippen molar-refractivity contribution in [2.45, 2.75) is 6.92 Å². The molecule has 2 rings (SSSR count). The van der Waals surface area contributed by atoms with Crippen molar-refractivity contribution in [1.82, 2.24) is 4.98 Å². The lowest BCUT2D eigenvalue weighted by Gasteiger charge is -2.07. The minimum Gasteiger partial charge on any atom is -0.490 e. The van der Waals surface area contributed by atoms with Crippen LogP contribution in [0.4, 0.5) is 11.4 Å². The Morgan fingerprint density at radius 2 is 1.84 bits per heavy atom.